The highest BCUT2D eigenvalue weighted by molar-refractivity contribution is 5.52. The van der Waals surface area contributed by atoms with Gasteiger partial charge in [-0.25, -0.2) is 9.37 Å². The zero-order chi connectivity index (χ0) is 10.3. The minimum absolute atomic E-state index is 0.214. The summed E-state index contributed by atoms with van der Waals surface area (Å²) in [5, 5.41) is 4.00. The summed E-state index contributed by atoms with van der Waals surface area (Å²) in [6.07, 6.45) is 1.47. The number of aromatic nitrogens is 3. The zero-order valence-electron chi connectivity index (χ0n) is 8.21. The number of halogens is 1. The van der Waals surface area contributed by atoms with Gasteiger partial charge in [-0.05, 0) is 6.92 Å². The third kappa shape index (κ3) is 1.21. The molecule has 2 rings (SSSR count). The van der Waals surface area contributed by atoms with Crippen molar-refractivity contribution in [3.8, 4) is 11.5 Å². The molecule has 0 aliphatic carbocycles. The van der Waals surface area contributed by atoms with E-state index in [9.17, 15) is 4.39 Å². The summed E-state index contributed by atoms with van der Waals surface area (Å²) >= 11 is 0. The lowest BCUT2D eigenvalue weighted by atomic mass is 10.3. The highest BCUT2D eigenvalue weighted by atomic mass is 19.1. The molecule has 0 aliphatic heterocycles. The third-order valence-electron chi connectivity index (χ3n) is 2.12. The van der Waals surface area contributed by atoms with E-state index in [1.807, 2.05) is 0 Å². The highest BCUT2D eigenvalue weighted by Gasteiger charge is 2.17. The Hall–Kier alpha value is -1.65. The van der Waals surface area contributed by atoms with E-state index in [0.29, 0.717) is 17.3 Å². The molecule has 4 nitrogen and oxygen atoms in total. The second-order valence-electron chi connectivity index (χ2n) is 3.12. The van der Waals surface area contributed by atoms with Crippen LogP contribution in [0.25, 0.3) is 11.5 Å². The van der Waals surface area contributed by atoms with Crippen LogP contribution in [0, 0.1) is 19.7 Å². The Balaban J connectivity index is 2.57. The smallest absolute Gasteiger partial charge is 0.191 e. The van der Waals surface area contributed by atoms with Crippen molar-refractivity contribution >= 4 is 0 Å². The van der Waals surface area contributed by atoms with Crippen LogP contribution in [-0.4, -0.2) is 14.8 Å². The van der Waals surface area contributed by atoms with Crippen molar-refractivity contribution in [3.63, 3.8) is 0 Å². The average Bonchev–Trinajstić information content (AvgIpc) is 2.66. The fourth-order valence-corrected chi connectivity index (χ4v) is 1.21. The Labute approximate surface area is 80.4 Å². The number of rotatable bonds is 1. The van der Waals surface area contributed by atoms with Crippen molar-refractivity contribution in [2.45, 2.75) is 13.8 Å². The van der Waals surface area contributed by atoms with Gasteiger partial charge >= 0.3 is 0 Å². The number of nitrogens with zero attached hydrogens (tertiary/aromatic N) is 3. The topological polar surface area (TPSA) is 43.9 Å². The lowest BCUT2D eigenvalue weighted by molar-refractivity contribution is 0.526. The minimum atomic E-state index is -0.358. The summed E-state index contributed by atoms with van der Waals surface area (Å²) < 4.78 is 20.2. The molecule has 5 heteroatoms. The minimum Gasteiger partial charge on any atom is -0.439 e. The lowest BCUT2D eigenvalue weighted by Gasteiger charge is -1.88. The van der Waals surface area contributed by atoms with Gasteiger partial charge in [-0.15, -0.1) is 0 Å². The number of hydrogen-bond donors (Lipinski definition) is 0. The molecule has 0 radical (unpaired) electrons. The predicted molar refractivity (Wildman–Crippen MR) is 48.1 cm³/mol. The first-order valence-electron chi connectivity index (χ1n) is 4.21. The van der Waals surface area contributed by atoms with Crippen molar-refractivity contribution in [1.29, 1.82) is 0 Å². The van der Waals surface area contributed by atoms with Crippen molar-refractivity contribution in [1.82, 2.24) is 14.8 Å². The molecule has 2 aromatic heterocycles. The van der Waals surface area contributed by atoms with Crippen LogP contribution in [0.1, 0.15) is 11.6 Å². The first-order valence-corrected chi connectivity index (χ1v) is 4.21. The van der Waals surface area contributed by atoms with Crippen LogP contribution in [0.2, 0.25) is 0 Å². The van der Waals surface area contributed by atoms with Gasteiger partial charge in [0.2, 0.25) is 0 Å². The van der Waals surface area contributed by atoms with Gasteiger partial charge in [0.15, 0.2) is 23.2 Å². The predicted octanol–water partition coefficient (Wildman–Crippen LogP) is 1.83. The molecule has 0 unspecified atom stereocenters. The molecular formula is C9H10FN3O. The van der Waals surface area contributed by atoms with Gasteiger partial charge in [0, 0.05) is 14.0 Å². The molecule has 0 N–H and O–H groups in total. The number of aryl methyl sites for hydroxylation is 2. The van der Waals surface area contributed by atoms with E-state index in [1.54, 1.807) is 20.9 Å². The van der Waals surface area contributed by atoms with E-state index in [4.69, 9.17) is 4.42 Å². The van der Waals surface area contributed by atoms with Crippen molar-refractivity contribution in [2.24, 2.45) is 7.05 Å². The summed E-state index contributed by atoms with van der Waals surface area (Å²) in [5.41, 5.74) is 0.694. The maximum atomic E-state index is 13.5. The van der Waals surface area contributed by atoms with Gasteiger partial charge in [0.25, 0.3) is 0 Å². The van der Waals surface area contributed by atoms with Gasteiger partial charge in [-0.3, -0.25) is 4.68 Å². The van der Waals surface area contributed by atoms with Crippen molar-refractivity contribution in [2.75, 3.05) is 0 Å². The van der Waals surface area contributed by atoms with E-state index in [-0.39, 0.29) is 11.5 Å². The summed E-state index contributed by atoms with van der Waals surface area (Å²) in [6, 6.07) is 0. The molecule has 0 fully saturated rings. The van der Waals surface area contributed by atoms with Crippen LogP contribution in [-0.2, 0) is 7.05 Å². The zero-order valence-corrected chi connectivity index (χ0v) is 8.21. The molecule has 0 saturated carbocycles. The summed E-state index contributed by atoms with van der Waals surface area (Å²) in [5.74, 6) is 0.509. The molecule has 0 aliphatic rings. The van der Waals surface area contributed by atoms with Crippen LogP contribution in [0.5, 0.6) is 0 Å². The molecule has 0 spiro atoms. The van der Waals surface area contributed by atoms with Gasteiger partial charge in [0.1, 0.15) is 0 Å². The monoisotopic (exact) mass is 195 g/mol. The standard InChI is InChI=1S/C9H10FN3O/c1-5-8(10)9(12-13(5)3)7-4-11-6(2)14-7/h4H,1-3H3. The highest BCUT2D eigenvalue weighted by Crippen LogP contribution is 2.23. The van der Waals surface area contributed by atoms with Crippen LogP contribution < -0.4 is 0 Å². The summed E-state index contributed by atoms with van der Waals surface area (Å²) in [7, 11) is 1.69. The molecule has 74 valence electrons. The second kappa shape index (κ2) is 2.94. The Bertz CT molecular complexity index is 472. The normalized spacial score (nSPS) is 10.9. The van der Waals surface area contributed by atoms with E-state index in [0.717, 1.165) is 0 Å². The molecule has 0 atom stereocenters. The van der Waals surface area contributed by atoms with Crippen LogP contribution >= 0.6 is 0 Å². The SMILES string of the molecule is Cc1ncc(-c2nn(C)c(C)c2F)o1. The first-order chi connectivity index (χ1) is 6.59. The fraction of sp³-hybridized carbons (Fsp3) is 0.333. The van der Waals surface area contributed by atoms with Gasteiger partial charge in [-0.1, -0.05) is 0 Å². The second-order valence-corrected chi connectivity index (χ2v) is 3.12. The van der Waals surface area contributed by atoms with E-state index >= 15 is 0 Å². The van der Waals surface area contributed by atoms with Crippen LogP contribution in [0.3, 0.4) is 0 Å². The molecule has 0 amide bonds. The fourth-order valence-electron chi connectivity index (χ4n) is 1.21. The largest absolute Gasteiger partial charge is 0.439 e. The first kappa shape index (κ1) is 8.93. The van der Waals surface area contributed by atoms with E-state index in [2.05, 4.69) is 10.1 Å². The lowest BCUT2D eigenvalue weighted by Crippen LogP contribution is -1.92. The average molecular weight is 195 g/mol. The summed E-state index contributed by atoms with van der Waals surface area (Å²) in [6.45, 7) is 3.37. The molecule has 0 aromatic carbocycles. The van der Waals surface area contributed by atoms with Crippen LogP contribution in [0.15, 0.2) is 10.6 Å². The van der Waals surface area contributed by atoms with Crippen molar-refractivity contribution < 1.29 is 8.81 Å². The Morgan fingerprint density at radius 1 is 1.43 bits per heavy atom. The molecular weight excluding hydrogens is 185 g/mol. The summed E-state index contributed by atoms with van der Waals surface area (Å²) in [4.78, 5) is 3.89. The van der Waals surface area contributed by atoms with E-state index in [1.165, 1.54) is 10.9 Å². The molecule has 2 aromatic rings. The number of oxazole rings is 1. The molecule has 0 saturated heterocycles. The quantitative estimate of drug-likeness (QED) is 0.697. The molecule has 0 bridgehead atoms. The van der Waals surface area contributed by atoms with Gasteiger partial charge in [0.05, 0.1) is 11.9 Å². The van der Waals surface area contributed by atoms with Gasteiger partial charge < -0.3 is 4.42 Å². The third-order valence-corrected chi connectivity index (χ3v) is 2.12. The van der Waals surface area contributed by atoms with Gasteiger partial charge in [-0.2, -0.15) is 5.10 Å². The van der Waals surface area contributed by atoms with Crippen molar-refractivity contribution in [3.05, 3.63) is 23.6 Å². The van der Waals surface area contributed by atoms with Crippen LogP contribution in [0.4, 0.5) is 4.39 Å². The Kier molecular flexibility index (Phi) is 1.87. The molecule has 14 heavy (non-hydrogen) atoms. The maximum absolute atomic E-state index is 13.5. The Morgan fingerprint density at radius 3 is 2.57 bits per heavy atom. The molecule has 2 heterocycles. The number of hydrogen-bond acceptors (Lipinski definition) is 3. The van der Waals surface area contributed by atoms with E-state index < -0.39 is 0 Å². The Morgan fingerprint density at radius 2 is 2.14 bits per heavy atom. The maximum Gasteiger partial charge on any atom is 0.191 e.